The van der Waals surface area contributed by atoms with Crippen molar-refractivity contribution in [2.24, 2.45) is 0 Å². The second kappa shape index (κ2) is 6.30. The molecule has 0 bridgehead atoms. The van der Waals surface area contributed by atoms with E-state index in [-0.39, 0.29) is 5.75 Å². The summed E-state index contributed by atoms with van der Waals surface area (Å²) in [6.07, 6.45) is 4.63. The lowest BCUT2D eigenvalue weighted by molar-refractivity contribution is -0.140. The average Bonchev–Trinajstić information content (AvgIpc) is 3.09. The van der Waals surface area contributed by atoms with Crippen molar-refractivity contribution in [2.75, 3.05) is 5.75 Å². The maximum Gasteiger partial charge on any atom is 0.327 e. The van der Waals surface area contributed by atoms with Crippen molar-refractivity contribution in [3.63, 3.8) is 0 Å². The minimum absolute atomic E-state index is 0.0103. The molecule has 0 fully saturated rings. The third-order valence-electron chi connectivity index (χ3n) is 4.30. The van der Waals surface area contributed by atoms with Gasteiger partial charge in [0.05, 0.1) is 17.1 Å². The predicted octanol–water partition coefficient (Wildman–Crippen LogP) is 2.27. The third kappa shape index (κ3) is 2.46. The molecule has 0 saturated heterocycles. The van der Waals surface area contributed by atoms with Gasteiger partial charge in [-0.2, -0.15) is 17.7 Å². The van der Waals surface area contributed by atoms with Crippen LogP contribution in [0, 0.1) is 0 Å². The first-order valence-corrected chi connectivity index (χ1v) is 8.51. The molecule has 0 aliphatic rings. The molecule has 26 heavy (non-hydrogen) atoms. The van der Waals surface area contributed by atoms with E-state index in [4.69, 9.17) is 0 Å². The highest BCUT2D eigenvalue weighted by molar-refractivity contribution is 7.80. The number of rotatable bonds is 4. The van der Waals surface area contributed by atoms with Crippen molar-refractivity contribution in [1.82, 2.24) is 19.2 Å². The molecule has 4 aromatic rings. The zero-order valence-corrected chi connectivity index (χ0v) is 14.4. The molecule has 1 atom stereocenters. The highest BCUT2D eigenvalue weighted by Gasteiger charge is 2.21. The van der Waals surface area contributed by atoms with Crippen LogP contribution >= 0.6 is 12.6 Å². The summed E-state index contributed by atoms with van der Waals surface area (Å²) in [5, 5.41) is 14.0. The number of carbonyl (C=O) groups is 1. The summed E-state index contributed by atoms with van der Waals surface area (Å²) in [5.41, 5.74) is 2.60. The molecule has 130 valence electrons. The average molecular weight is 366 g/mol. The van der Waals surface area contributed by atoms with Gasteiger partial charge in [-0.15, -0.1) is 0 Å². The van der Waals surface area contributed by atoms with Gasteiger partial charge < -0.3 is 5.11 Å². The minimum atomic E-state index is -1.11. The molecule has 0 saturated carbocycles. The molecule has 3 heterocycles. The van der Waals surface area contributed by atoms with Gasteiger partial charge in [-0.25, -0.2) is 14.3 Å². The van der Waals surface area contributed by atoms with E-state index in [0.717, 1.165) is 15.7 Å². The van der Waals surface area contributed by atoms with Crippen LogP contribution in [0.4, 0.5) is 0 Å². The Bertz CT molecular complexity index is 1180. The Hall–Kier alpha value is -3.13. The molecule has 0 aliphatic heterocycles. The Kier molecular flexibility index (Phi) is 3.96. The van der Waals surface area contributed by atoms with Gasteiger partial charge in [0.2, 0.25) is 0 Å². The van der Waals surface area contributed by atoms with E-state index in [1.165, 1.54) is 12.4 Å². The van der Waals surface area contributed by atoms with Gasteiger partial charge in [0.15, 0.2) is 5.65 Å². The maximum atomic E-state index is 12.7. The SMILES string of the molecule is O=C(O)C(CS)n1ccc2c(cnc3c(-c4ccccc4)cnn32)c1=O. The first-order chi connectivity index (χ1) is 12.6. The van der Waals surface area contributed by atoms with Crippen LogP contribution in [0.5, 0.6) is 0 Å². The first-order valence-electron chi connectivity index (χ1n) is 7.88. The molecule has 8 heteroatoms. The third-order valence-corrected chi connectivity index (χ3v) is 4.65. The Balaban J connectivity index is 1.96. The zero-order valence-electron chi connectivity index (χ0n) is 13.5. The first kappa shape index (κ1) is 16.3. The van der Waals surface area contributed by atoms with E-state index < -0.39 is 17.6 Å². The largest absolute Gasteiger partial charge is 0.480 e. The van der Waals surface area contributed by atoms with Crippen LogP contribution in [0.25, 0.3) is 27.7 Å². The zero-order chi connectivity index (χ0) is 18.3. The van der Waals surface area contributed by atoms with Crippen molar-refractivity contribution in [2.45, 2.75) is 6.04 Å². The second-order valence-electron chi connectivity index (χ2n) is 5.78. The van der Waals surface area contributed by atoms with Crippen LogP contribution in [0.3, 0.4) is 0 Å². The number of carboxylic acid groups (broad SMARTS) is 1. The van der Waals surface area contributed by atoms with Crippen LogP contribution < -0.4 is 5.56 Å². The standard InChI is InChI=1S/C18H14N4O3S/c23-17-13-8-19-16-12(11-4-2-1-3-5-11)9-20-22(16)14(13)6-7-21(17)15(10-26)18(24)25/h1-9,15,26H,10H2,(H,24,25). The number of nitrogens with zero attached hydrogens (tertiary/aromatic N) is 4. The molecule has 3 aromatic heterocycles. The maximum absolute atomic E-state index is 12.7. The lowest BCUT2D eigenvalue weighted by Crippen LogP contribution is -2.31. The van der Waals surface area contributed by atoms with Gasteiger partial charge in [0.25, 0.3) is 5.56 Å². The number of pyridine rings is 1. The molecule has 4 rings (SSSR count). The summed E-state index contributed by atoms with van der Waals surface area (Å²) >= 11 is 4.04. The summed E-state index contributed by atoms with van der Waals surface area (Å²) in [5.74, 6) is -1.10. The van der Waals surface area contributed by atoms with Gasteiger partial charge in [0, 0.05) is 23.7 Å². The van der Waals surface area contributed by atoms with Gasteiger partial charge in [0.1, 0.15) is 6.04 Å². The smallest absolute Gasteiger partial charge is 0.327 e. The molecule has 1 unspecified atom stereocenters. The predicted molar refractivity (Wildman–Crippen MR) is 101 cm³/mol. The molecule has 1 aromatic carbocycles. The number of benzene rings is 1. The number of hydrogen-bond donors (Lipinski definition) is 2. The van der Waals surface area contributed by atoms with Gasteiger partial charge in [-0.05, 0) is 11.6 Å². The number of fused-ring (bicyclic) bond motifs is 3. The Morgan fingerprint density at radius 3 is 2.65 bits per heavy atom. The van der Waals surface area contributed by atoms with E-state index in [1.807, 2.05) is 30.3 Å². The number of aliphatic carboxylic acids is 1. The summed E-state index contributed by atoms with van der Waals surface area (Å²) in [4.78, 5) is 28.5. The fraction of sp³-hybridized carbons (Fsp3) is 0.111. The highest BCUT2D eigenvalue weighted by Crippen LogP contribution is 2.24. The van der Waals surface area contributed by atoms with Crippen LogP contribution in [0.2, 0.25) is 0 Å². The van der Waals surface area contributed by atoms with Crippen molar-refractivity contribution >= 4 is 35.1 Å². The number of thiol groups is 1. The van der Waals surface area contributed by atoms with Crippen LogP contribution in [-0.2, 0) is 4.79 Å². The van der Waals surface area contributed by atoms with Gasteiger partial charge >= 0.3 is 5.97 Å². The summed E-state index contributed by atoms with van der Waals surface area (Å²) in [6, 6.07) is 10.4. The second-order valence-corrected chi connectivity index (χ2v) is 6.15. The fourth-order valence-corrected chi connectivity index (χ4v) is 3.32. The molecule has 0 amide bonds. The Morgan fingerprint density at radius 2 is 1.96 bits per heavy atom. The molecule has 0 spiro atoms. The molecule has 0 radical (unpaired) electrons. The van der Waals surface area contributed by atoms with Crippen LogP contribution in [0.1, 0.15) is 6.04 Å². The minimum Gasteiger partial charge on any atom is -0.480 e. The quantitative estimate of drug-likeness (QED) is 0.541. The van der Waals surface area contributed by atoms with Crippen LogP contribution in [0.15, 0.2) is 59.8 Å². The normalized spacial score (nSPS) is 12.5. The Morgan fingerprint density at radius 1 is 1.19 bits per heavy atom. The molecular formula is C18H14N4O3S. The van der Waals surface area contributed by atoms with Crippen molar-refractivity contribution in [3.05, 3.63) is 65.3 Å². The monoisotopic (exact) mass is 366 g/mol. The van der Waals surface area contributed by atoms with Crippen LogP contribution in [-0.4, -0.2) is 36.0 Å². The van der Waals surface area contributed by atoms with Crippen molar-refractivity contribution in [3.8, 4) is 11.1 Å². The van der Waals surface area contributed by atoms with E-state index in [2.05, 4.69) is 22.7 Å². The lowest BCUT2D eigenvalue weighted by atomic mass is 10.1. The van der Waals surface area contributed by atoms with E-state index in [0.29, 0.717) is 16.6 Å². The summed E-state index contributed by atoms with van der Waals surface area (Å²) in [7, 11) is 0. The summed E-state index contributed by atoms with van der Waals surface area (Å²) in [6.45, 7) is 0. The van der Waals surface area contributed by atoms with E-state index >= 15 is 0 Å². The Labute approximate surface area is 152 Å². The fourth-order valence-electron chi connectivity index (χ4n) is 2.98. The van der Waals surface area contributed by atoms with Gasteiger partial charge in [-0.1, -0.05) is 30.3 Å². The molecular weight excluding hydrogens is 352 g/mol. The van der Waals surface area contributed by atoms with E-state index in [9.17, 15) is 14.7 Å². The molecule has 7 nitrogen and oxygen atoms in total. The molecule has 1 N–H and O–H groups in total. The summed E-state index contributed by atoms with van der Waals surface area (Å²) < 4.78 is 2.76. The highest BCUT2D eigenvalue weighted by atomic mass is 32.1. The van der Waals surface area contributed by atoms with Crippen molar-refractivity contribution < 1.29 is 9.90 Å². The van der Waals surface area contributed by atoms with Gasteiger partial charge in [-0.3, -0.25) is 9.36 Å². The topological polar surface area (TPSA) is 89.5 Å². The number of hydrogen-bond acceptors (Lipinski definition) is 5. The van der Waals surface area contributed by atoms with Crippen molar-refractivity contribution in [1.29, 1.82) is 0 Å². The van der Waals surface area contributed by atoms with E-state index in [1.54, 1.807) is 16.8 Å². The number of carboxylic acids is 1. The number of aromatic nitrogens is 4. The lowest BCUT2D eigenvalue weighted by Gasteiger charge is -2.14. The molecule has 0 aliphatic carbocycles.